The molecule has 4 amide bonds. The zero-order chi connectivity index (χ0) is 22.9. The number of benzene rings is 2. The maximum Gasteiger partial charge on any atom is 0.341 e. The smallest absolute Gasteiger partial charge is 0.341 e. The van der Waals surface area contributed by atoms with E-state index in [1.807, 2.05) is 52.1 Å². The van der Waals surface area contributed by atoms with Gasteiger partial charge < -0.3 is 9.84 Å². The van der Waals surface area contributed by atoms with Gasteiger partial charge in [0.1, 0.15) is 11.3 Å². The number of halogens is 3. The number of rotatable bonds is 5. The van der Waals surface area contributed by atoms with Crippen LogP contribution in [0.2, 0.25) is 0 Å². The standard InChI is InChI=1S/C20H13BrI2N2O6/c1-9-4-11(2-3-13(9)21)25-19(29)12(18(28)24-20(25)30)5-10-6-14(22)17(15(23)7-10)31-8-16(26)27/h2-7H,8H2,1H3,(H,26,27)(H,24,28,30)/b12-5+. The highest BCUT2D eigenvalue weighted by atomic mass is 127. The van der Waals surface area contributed by atoms with Crippen LogP contribution in [-0.4, -0.2) is 35.5 Å². The van der Waals surface area contributed by atoms with Gasteiger partial charge in [-0.1, -0.05) is 15.9 Å². The molecule has 1 aliphatic rings. The van der Waals surface area contributed by atoms with Gasteiger partial charge in [-0.2, -0.15) is 0 Å². The number of urea groups is 1. The third-order valence-corrected chi connectivity index (χ3v) is 6.67. The summed E-state index contributed by atoms with van der Waals surface area (Å²) in [4.78, 5) is 49.4. The number of nitrogens with zero attached hydrogens (tertiary/aromatic N) is 1. The minimum atomic E-state index is -1.10. The van der Waals surface area contributed by atoms with Gasteiger partial charge in [0, 0.05) is 4.47 Å². The quantitative estimate of drug-likeness (QED) is 0.275. The molecule has 1 saturated heterocycles. The molecular formula is C20H13BrI2N2O6. The lowest BCUT2D eigenvalue weighted by atomic mass is 10.1. The van der Waals surface area contributed by atoms with Gasteiger partial charge in [0.15, 0.2) is 6.61 Å². The number of hydrogen-bond donors (Lipinski definition) is 2. The Labute approximate surface area is 212 Å². The summed E-state index contributed by atoms with van der Waals surface area (Å²) in [6.07, 6.45) is 1.38. The Morgan fingerprint density at radius 3 is 2.42 bits per heavy atom. The second-order valence-corrected chi connectivity index (χ2v) is 9.57. The Morgan fingerprint density at radius 2 is 1.84 bits per heavy atom. The van der Waals surface area contributed by atoms with E-state index in [-0.39, 0.29) is 5.57 Å². The molecule has 1 heterocycles. The Balaban J connectivity index is 1.98. The molecule has 0 unspecified atom stereocenters. The third-order valence-electron chi connectivity index (χ3n) is 4.17. The van der Waals surface area contributed by atoms with E-state index in [1.165, 1.54) is 6.08 Å². The molecular weight excluding hydrogens is 698 g/mol. The molecule has 11 heteroatoms. The minimum Gasteiger partial charge on any atom is -0.480 e. The summed E-state index contributed by atoms with van der Waals surface area (Å²) < 4.78 is 7.33. The highest BCUT2D eigenvalue weighted by Gasteiger charge is 2.37. The van der Waals surface area contributed by atoms with Crippen molar-refractivity contribution in [3.05, 3.63) is 58.6 Å². The van der Waals surface area contributed by atoms with E-state index in [0.717, 1.165) is 14.9 Å². The van der Waals surface area contributed by atoms with Crippen LogP contribution in [-0.2, 0) is 14.4 Å². The number of carbonyl (C=O) groups excluding carboxylic acids is 3. The average Bonchev–Trinajstić information content (AvgIpc) is 2.67. The second kappa shape index (κ2) is 9.65. The SMILES string of the molecule is Cc1cc(N2C(=O)NC(=O)/C(=C\c3cc(I)c(OCC(=O)O)c(I)c3)C2=O)ccc1Br. The van der Waals surface area contributed by atoms with Gasteiger partial charge in [-0.05, 0) is 99.6 Å². The zero-order valence-corrected chi connectivity index (χ0v) is 21.6. The number of ether oxygens (including phenoxy) is 1. The largest absolute Gasteiger partial charge is 0.480 e. The molecule has 0 atom stereocenters. The first-order valence-electron chi connectivity index (χ1n) is 8.59. The van der Waals surface area contributed by atoms with Crippen LogP contribution in [0.1, 0.15) is 11.1 Å². The highest BCUT2D eigenvalue weighted by Crippen LogP contribution is 2.31. The van der Waals surface area contributed by atoms with E-state index >= 15 is 0 Å². The van der Waals surface area contributed by atoms with Crippen LogP contribution in [0.3, 0.4) is 0 Å². The fraction of sp³-hybridized carbons (Fsp3) is 0.100. The summed E-state index contributed by atoms with van der Waals surface area (Å²) in [5.74, 6) is -2.24. The van der Waals surface area contributed by atoms with Crippen LogP contribution in [0.25, 0.3) is 6.08 Å². The summed E-state index contributed by atoms with van der Waals surface area (Å²) in [6.45, 7) is 1.33. The molecule has 0 aromatic heterocycles. The lowest BCUT2D eigenvalue weighted by molar-refractivity contribution is -0.139. The van der Waals surface area contributed by atoms with Gasteiger partial charge in [0.25, 0.3) is 11.8 Å². The normalized spacial score (nSPS) is 15.3. The van der Waals surface area contributed by atoms with Crippen molar-refractivity contribution < 1.29 is 29.0 Å². The fourth-order valence-electron chi connectivity index (χ4n) is 2.76. The van der Waals surface area contributed by atoms with Gasteiger partial charge in [-0.15, -0.1) is 0 Å². The number of carboxylic acid groups (broad SMARTS) is 1. The zero-order valence-electron chi connectivity index (χ0n) is 15.7. The van der Waals surface area contributed by atoms with Crippen molar-refractivity contribution in [1.29, 1.82) is 0 Å². The number of imide groups is 2. The summed E-state index contributed by atoms with van der Waals surface area (Å²) in [5, 5.41) is 11.0. The monoisotopic (exact) mass is 710 g/mol. The molecule has 2 aromatic carbocycles. The number of carbonyl (C=O) groups is 4. The molecule has 0 radical (unpaired) electrons. The van der Waals surface area contributed by atoms with E-state index in [4.69, 9.17) is 9.84 Å². The van der Waals surface area contributed by atoms with Gasteiger partial charge in [0.2, 0.25) is 0 Å². The number of nitrogens with one attached hydrogen (secondary N) is 1. The fourth-order valence-corrected chi connectivity index (χ4v) is 5.14. The van der Waals surface area contributed by atoms with Crippen LogP contribution in [0.4, 0.5) is 10.5 Å². The van der Waals surface area contributed by atoms with E-state index in [0.29, 0.717) is 24.1 Å². The summed E-state index contributed by atoms with van der Waals surface area (Å²) >= 11 is 7.33. The highest BCUT2D eigenvalue weighted by molar-refractivity contribution is 14.1. The topological polar surface area (TPSA) is 113 Å². The summed E-state index contributed by atoms with van der Waals surface area (Å²) in [6, 6.07) is 7.45. The second-order valence-electron chi connectivity index (χ2n) is 6.39. The van der Waals surface area contributed by atoms with Crippen molar-refractivity contribution in [2.45, 2.75) is 6.92 Å². The van der Waals surface area contributed by atoms with Crippen molar-refractivity contribution in [2.24, 2.45) is 0 Å². The summed E-state index contributed by atoms with van der Waals surface area (Å²) in [7, 11) is 0. The van der Waals surface area contributed by atoms with Crippen molar-refractivity contribution >= 4 is 96.7 Å². The summed E-state index contributed by atoms with van der Waals surface area (Å²) in [5.41, 5.74) is 1.48. The molecule has 3 rings (SSSR count). The van der Waals surface area contributed by atoms with E-state index in [2.05, 4.69) is 21.2 Å². The Hall–Kier alpha value is -2.00. The predicted octanol–water partition coefficient (Wildman–Crippen LogP) is 4.10. The number of carboxylic acids is 1. The number of hydrogen-bond acceptors (Lipinski definition) is 5. The first-order chi connectivity index (χ1) is 14.6. The Morgan fingerprint density at radius 1 is 1.19 bits per heavy atom. The molecule has 0 bridgehead atoms. The molecule has 8 nitrogen and oxygen atoms in total. The number of amides is 4. The molecule has 160 valence electrons. The predicted molar refractivity (Wildman–Crippen MR) is 133 cm³/mol. The van der Waals surface area contributed by atoms with Gasteiger partial charge in [0.05, 0.1) is 12.8 Å². The molecule has 1 fully saturated rings. The lowest BCUT2D eigenvalue weighted by Crippen LogP contribution is -2.54. The maximum absolute atomic E-state index is 13.0. The number of barbiturate groups is 1. The molecule has 0 aliphatic carbocycles. The van der Waals surface area contributed by atoms with Crippen molar-refractivity contribution in [2.75, 3.05) is 11.5 Å². The molecule has 2 aromatic rings. The molecule has 2 N–H and O–H groups in total. The van der Waals surface area contributed by atoms with Gasteiger partial charge in [-0.25, -0.2) is 14.5 Å². The van der Waals surface area contributed by atoms with Gasteiger partial charge >= 0.3 is 12.0 Å². The van der Waals surface area contributed by atoms with Crippen LogP contribution in [0.15, 0.2) is 40.4 Å². The van der Waals surface area contributed by atoms with Crippen LogP contribution in [0, 0.1) is 14.1 Å². The number of aryl methyl sites for hydroxylation is 1. The van der Waals surface area contributed by atoms with E-state index in [1.54, 1.807) is 30.3 Å². The maximum atomic E-state index is 13.0. The lowest BCUT2D eigenvalue weighted by Gasteiger charge is -2.26. The van der Waals surface area contributed by atoms with Crippen molar-refractivity contribution in [1.82, 2.24) is 5.32 Å². The molecule has 0 saturated carbocycles. The molecule has 31 heavy (non-hydrogen) atoms. The van der Waals surface area contributed by atoms with E-state index < -0.39 is 30.4 Å². The molecule has 0 spiro atoms. The van der Waals surface area contributed by atoms with Crippen molar-refractivity contribution in [3.63, 3.8) is 0 Å². The van der Waals surface area contributed by atoms with Gasteiger partial charge in [-0.3, -0.25) is 14.9 Å². The Kier molecular flexibility index (Phi) is 7.36. The van der Waals surface area contributed by atoms with Crippen molar-refractivity contribution in [3.8, 4) is 5.75 Å². The number of anilines is 1. The average molecular weight is 711 g/mol. The Bertz CT molecular complexity index is 1140. The van der Waals surface area contributed by atoms with Crippen LogP contribution >= 0.6 is 61.1 Å². The third kappa shape index (κ3) is 5.26. The van der Waals surface area contributed by atoms with Crippen LogP contribution < -0.4 is 15.0 Å². The first-order valence-corrected chi connectivity index (χ1v) is 11.5. The molecule has 1 aliphatic heterocycles. The van der Waals surface area contributed by atoms with Crippen LogP contribution in [0.5, 0.6) is 5.75 Å². The van der Waals surface area contributed by atoms with E-state index in [9.17, 15) is 19.2 Å². The minimum absolute atomic E-state index is 0.203. The first kappa shape index (κ1) is 23.7. The number of aliphatic carboxylic acids is 1.